The number of anilines is 1. The van der Waals surface area contributed by atoms with Gasteiger partial charge >= 0.3 is 5.97 Å². The molecule has 0 atom stereocenters. The first-order valence-electron chi connectivity index (χ1n) is 10.4. The van der Waals surface area contributed by atoms with Gasteiger partial charge in [-0.1, -0.05) is 11.6 Å². The van der Waals surface area contributed by atoms with E-state index in [-0.39, 0.29) is 28.5 Å². The summed E-state index contributed by atoms with van der Waals surface area (Å²) in [5.74, 6) is -0.690. The average Bonchev–Trinajstić information content (AvgIpc) is 2.83. The van der Waals surface area contributed by atoms with Crippen LogP contribution in [-0.4, -0.2) is 66.7 Å². The van der Waals surface area contributed by atoms with E-state index in [9.17, 15) is 19.7 Å². The molecule has 0 unspecified atom stereocenters. The Hall–Kier alpha value is -3.44. The van der Waals surface area contributed by atoms with E-state index in [2.05, 4.69) is 5.32 Å². The van der Waals surface area contributed by atoms with Gasteiger partial charge in [0.1, 0.15) is 11.4 Å². The molecule has 1 aliphatic heterocycles. The van der Waals surface area contributed by atoms with E-state index in [0.717, 1.165) is 0 Å². The third kappa shape index (κ3) is 5.72. The smallest absolute Gasteiger partial charge is 0.338 e. The lowest BCUT2D eigenvalue weighted by Gasteiger charge is -2.37. The maximum atomic E-state index is 12.7. The number of carbonyl (C=O) groups is 2. The van der Waals surface area contributed by atoms with Crippen LogP contribution >= 0.6 is 23.8 Å². The largest absolute Gasteiger partial charge is 0.496 e. The molecule has 1 amide bonds. The van der Waals surface area contributed by atoms with Crippen molar-refractivity contribution in [2.45, 2.75) is 6.92 Å². The molecule has 0 spiro atoms. The van der Waals surface area contributed by atoms with Crippen molar-refractivity contribution in [2.24, 2.45) is 0 Å². The lowest BCUT2D eigenvalue weighted by Crippen LogP contribution is -2.52. The molecule has 0 aliphatic carbocycles. The minimum atomic E-state index is -0.612. The van der Waals surface area contributed by atoms with Crippen molar-refractivity contribution in [1.82, 2.24) is 10.2 Å². The number of carbonyl (C=O) groups excluding carboxylic acids is 2. The molecule has 2 aromatic carbocycles. The minimum absolute atomic E-state index is 0.122. The molecule has 34 heavy (non-hydrogen) atoms. The second-order valence-corrected chi connectivity index (χ2v) is 8.08. The Balaban J connectivity index is 1.66. The predicted molar refractivity (Wildman–Crippen MR) is 131 cm³/mol. The van der Waals surface area contributed by atoms with Crippen LogP contribution in [0.15, 0.2) is 36.4 Å². The molecule has 10 nitrogen and oxygen atoms in total. The second kappa shape index (κ2) is 11.1. The van der Waals surface area contributed by atoms with E-state index in [1.165, 1.54) is 25.3 Å². The number of nitrogens with zero attached hydrogens (tertiary/aromatic N) is 3. The number of ether oxygens (including phenoxy) is 2. The number of piperazine rings is 1. The summed E-state index contributed by atoms with van der Waals surface area (Å²) in [6, 6.07) is 8.99. The molecule has 1 saturated heterocycles. The lowest BCUT2D eigenvalue weighted by atomic mass is 10.1. The molecule has 0 saturated carbocycles. The highest BCUT2D eigenvalue weighted by Crippen LogP contribution is 2.30. The number of halogens is 1. The van der Waals surface area contributed by atoms with Crippen LogP contribution in [0.5, 0.6) is 5.75 Å². The van der Waals surface area contributed by atoms with Crippen LogP contribution in [0.4, 0.5) is 11.4 Å². The summed E-state index contributed by atoms with van der Waals surface area (Å²) in [6.45, 7) is 3.56. The number of hydrogen-bond donors (Lipinski definition) is 1. The molecule has 0 radical (unpaired) electrons. The maximum absolute atomic E-state index is 12.7. The van der Waals surface area contributed by atoms with Crippen LogP contribution in [0, 0.1) is 10.1 Å². The molecule has 3 rings (SSSR count). The zero-order valence-corrected chi connectivity index (χ0v) is 20.1. The summed E-state index contributed by atoms with van der Waals surface area (Å²) < 4.78 is 10.1. The number of benzene rings is 2. The summed E-state index contributed by atoms with van der Waals surface area (Å²) in [4.78, 5) is 39.4. The minimum Gasteiger partial charge on any atom is -0.496 e. The summed E-state index contributed by atoms with van der Waals surface area (Å²) in [6.07, 6.45) is 0. The second-order valence-electron chi connectivity index (χ2n) is 7.26. The molecular formula is C22H23ClN4O6S. The molecular weight excluding hydrogens is 484 g/mol. The van der Waals surface area contributed by atoms with Crippen molar-refractivity contribution in [3.05, 3.63) is 62.7 Å². The molecule has 1 N–H and O–H groups in total. The van der Waals surface area contributed by atoms with E-state index in [4.69, 9.17) is 33.3 Å². The van der Waals surface area contributed by atoms with Gasteiger partial charge in [-0.15, -0.1) is 0 Å². The fourth-order valence-electron chi connectivity index (χ4n) is 3.53. The Bertz CT molecular complexity index is 1120. The van der Waals surface area contributed by atoms with Crippen LogP contribution < -0.4 is 15.0 Å². The lowest BCUT2D eigenvalue weighted by molar-refractivity contribution is -0.384. The third-order valence-corrected chi connectivity index (χ3v) is 5.81. The summed E-state index contributed by atoms with van der Waals surface area (Å²) in [5.41, 5.74) is 0.601. The van der Waals surface area contributed by atoms with Crippen molar-refractivity contribution >= 4 is 52.2 Å². The highest BCUT2D eigenvalue weighted by Gasteiger charge is 2.27. The molecule has 180 valence electrons. The van der Waals surface area contributed by atoms with Gasteiger partial charge < -0.3 is 19.3 Å². The van der Waals surface area contributed by atoms with Crippen molar-refractivity contribution in [3.8, 4) is 5.75 Å². The van der Waals surface area contributed by atoms with Gasteiger partial charge in [-0.25, -0.2) is 4.79 Å². The standard InChI is InChI=1S/C22H23ClN4O6S/c1-3-33-21(29)14-4-6-17(18(12-14)27(30)31)25-8-10-26(11-9-25)22(34)24-20(28)16-13-15(23)5-7-19(16)32-2/h4-7,12-13H,3,8-11H2,1-2H3,(H,24,28,34). The normalized spacial score (nSPS) is 13.3. The van der Waals surface area contributed by atoms with Gasteiger partial charge in [0.05, 0.1) is 29.8 Å². The fraction of sp³-hybridized carbons (Fsp3) is 0.318. The number of hydrogen-bond acceptors (Lipinski definition) is 8. The van der Waals surface area contributed by atoms with Gasteiger partial charge in [-0.05, 0) is 49.5 Å². The Morgan fingerprint density at radius 2 is 1.88 bits per heavy atom. The molecule has 2 aromatic rings. The first-order chi connectivity index (χ1) is 16.2. The SMILES string of the molecule is CCOC(=O)c1ccc(N2CCN(C(=S)NC(=O)c3cc(Cl)ccc3OC)CC2)c([N+](=O)[O-])c1. The van der Waals surface area contributed by atoms with Crippen LogP contribution in [0.25, 0.3) is 0 Å². The van der Waals surface area contributed by atoms with Gasteiger partial charge in [0, 0.05) is 37.3 Å². The number of nitro groups is 1. The van der Waals surface area contributed by atoms with E-state index >= 15 is 0 Å². The highest BCUT2D eigenvalue weighted by atomic mass is 35.5. The monoisotopic (exact) mass is 506 g/mol. The Kier molecular flexibility index (Phi) is 8.24. The first kappa shape index (κ1) is 25.2. The van der Waals surface area contributed by atoms with Gasteiger partial charge in [0.25, 0.3) is 11.6 Å². The molecule has 1 aliphatic rings. The third-order valence-electron chi connectivity index (χ3n) is 5.22. The van der Waals surface area contributed by atoms with Gasteiger partial charge in [-0.3, -0.25) is 20.2 Å². The Labute approximate surface area is 206 Å². The van der Waals surface area contributed by atoms with Gasteiger partial charge in [0.15, 0.2) is 5.11 Å². The van der Waals surface area contributed by atoms with Crippen LogP contribution in [-0.2, 0) is 4.74 Å². The number of rotatable bonds is 6. The molecule has 0 bridgehead atoms. The quantitative estimate of drug-likeness (QED) is 0.273. The Morgan fingerprint density at radius 3 is 2.50 bits per heavy atom. The van der Waals surface area contributed by atoms with Gasteiger partial charge in [-0.2, -0.15) is 0 Å². The number of nitrogens with one attached hydrogen (secondary N) is 1. The van der Waals surface area contributed by atoms with Crippen molar-refractivity contribution in [2.75, 3.05) is 44.8 Å². The topological polar surface area (TPSA) is 114 Å². The van der Waals surface area contributed by atoms with Gasteiger partial charge in [0.2, 0.25) is 0 Å². The van der Waals surface area contributed by atoms with E-state index in [0.29, 0.717) is 42.6 Å². The number of thiocarbonyl (C=S) groups is 1. The average molecular weight is 507 g/mol. The van der Waals surface area contributed by atoms with Crippen LogP contribution in [0.3, 0.4) is 0 Å². The summed E-state index contributed by atoms with van der Waals surface area (Å²) in [5, 5.41) is 14.9. The van der Waals surface area contributed by atoms with Crippen LogP contribution in [0.2, 0.25) is 5.02 Å². The predicted octanol–water partition coefficient (Wildman–Crippen LogP) is 3.27. The van der Waals surface area contributed by atoms with Crippen molar-refractivity contribution in [1.29, 1.82) is 0 Å². The Morgan fingerprint density at radius 1 is 1.18 bits per heavy atom. The van der Waals surface area contributed by atoms with E-state index < -0.39 is 16.8 Å². The van der Waals surface area contributed by atoms with Crippen LogP contribution in [0.1, 0.15) is 27.6 Å². The van der Waals surface area contributed by atoms with E-state index in [1.54, 1.807) is 30.0 Å². The summed E-state index contributed by atoms with van der Waals surface area (Å²) in [7, 11) is 1.45. The molecule has 0 aromatic heterocycles. The zero-order valence-electron chi connectivity index (χ0n) is 18.6. The maximum Gasteiger partial charge on any atom is 0.338 e. The number of nitro benzene ring substituents is 1. The number of esters is 1. The fourth-order valence-corrected chi connectivity index (χ4v) is 3.98. The molecule has 1 heterocycles. The van der Waals surface area contributed by atoms with Crippen molar-refractivity contribution in [3.63, 3.8) is 0 Å². The number of amides is 1. The summed E-state index contributed by atoms with van der Waals surface area (Å²) >= 11 is 11.4. The van der Waals surface area contributed by atoms with E-state index in [1.807, 2.05) is 4.90 Å². The zero-order chi connectivity index (χ0) is 24.8. The first-order valence-corrected chi connectivity index (χ1v) is 11.2. The molecule has 1 fully saturated rings. The molecule has 12 heteroatoms. The van der Waals surface area contributed by atoms with Crippen molar-refractivity contribution < 1.29 is 24.0 Å². The highest BCUT2D eigenvalue weighted by molar-refractivity contribution is 7.80. The number of methoxy groups -OCH3 is 1.